The highest BCUT2D eigenvalue weighted by molar-refractivity contribution is 6.14. The van der Waals surface area contributed by atoms with Gasteiger partial charge in [-0.1, -0.05) is 72.8 Å². The monoisotopic (exact) mass is 453 g/mol. The highest BCUT2D eigenvalue weighted by atomic mass is 16.5. The summed E-state index contributed by atoms with van der Waals surface area (Å²) in [5.41, 5.74) is 7.07. The second-order valence-electron chi connectivity index (χ2n) is 8.33. The molecule has 2 N–H and O–H groups in total. The number of nitrogens with zero attached hydrogens (tertiary/aromatic N) is 1. The summed E-state index contributed by atoms with van der Waals surface area (Å²) in [5, 5.41) is 12.4. The molecular weight excluding hydrogens is 430 g/mol. The van der Waals surface area contributed by atoms with Crippen molar-refractivity contribution < 1.29 is 4.74 Å². The molecule has 35 heavy (non-hydrogen) atoms. The zero-order valence-corrected chi connectivity index (χ0v) is 19.0. The summed E-state index contributed by atoms with van der Waals surface area (Å²) in [6, 6.07) is 42.2. The highest BCUT2D eigenvalue weighted by Gasteiger charge is 2.25. The van der Waals surface area contributed by atoms with Crippen LogP contribution in [0.3, 0.4) is 0 Å². The quantitative estimate of drug-likeness (QED) is 0.258. The van der Waals surface area contributed by atoms with Crippen LogP contribution in [0.4, 0.5) is 28.4 Å². The van der Waals surface area contributed by atoms with Gasteiger partial charge in [-0.15, -0.1) is 0 Å². The van der Waals surface area contributed by atoms with Crippen LogP contribution in [0.5, 0.6) is 11.5 Å². The van der Waals surface area contributed by atoms with Crippen molar-refractivity contribution in [2.24, 2.45) is 0 Å². The van der Waals surface area contributed by atoms with Crippen LogP contribution in [0, 0.1) is 5.41 Å². The zero-order valence-electron chi connectivity index (χ0n) is 19.0. The molecule has 5 aromatic rings. The maximum Gasteiger partial charge on any atom is 0.151 e. The van der Waals surface area contributed by atoms with Gasteiger partial charge in [0.1, 0.15) is 0 Å². The van der Waals surface area contributed by atoms with Gasteiger partial charge in [0.2, 0.25) is 0 Å². The smallest absolute Gasteiger partial charge is 0.151 e. The summed E-state index contributed by atoms with van der Waals surface area (Å²) in [4.78, 5) is 2.20. The number of nitrogens with one attached hydrogen (secondary N) is 2. The van der Waals surface area contributed by atoms with E-state index in [0.717, 1.165) is 51.1 Å². The minimum absolute atomic E-state index is 0.471. The molecule has 0 aromatic heterocycles. The Balaban J connectivity index is 1.34. The zero-order chi connectivity index (χ0) is 23.6. The topological polar surface area (TPSA) is 48.4 Å². The Morgan fingerprint density at radius 1 is 0.600 bits per heavy atom. The molecule has 0 radical (unpaired) electrons. The first-order valence-electron chi connectivity index (χ1n) is 11.5. The minimum atomic E-state index is 0.471. The van der Waals surface area contributed by atoms with Gasteiger partial charge in [-0.2, -0.15) is 0 Å². The molecule has 1 aliphatic heterocycles. The highest BCUT2D eigenvalue weighted by Crippen LogP contribution is 2.49. The molecule has 0 bridgehead atoms. The van der Waals surface area contributed by atoms with E-state index in [1.807, 2.05) is 103 Å². The molecule has 4 nitrogen and oxygen atoms in total. The molecule has 168 valence electrons. The second kappa shape index (κ2) is 8.84. The largest absolute Gasteiger partial charge is 0.453 e. The standard InChI is InChI=1S/C31H23N3O/c32-31(25-12-4-5-13-26(25)33-23-10-2-1-3-11-23)22-18-20-24(21-19-22)34-27-14-6-8-16-29(27)35-30-17-9-7-15-28(30)34/h1-21,32-33H. The van der Waals surface area contributed by atoms with Gasteiger partial charge in [-0.25, -0.2) is 0 Å². The maximum absolute atomic E-state index is 8.95. The van der Waals surface area contributed by atoms with Crippen LogP contribution >= 0.6 is 0 Å². The van der Waals surface area contributed by atoms with Gasteiger partial charge in [0, 0.05) is 28.2 Å². The Morgan fingerprint density at radius 2 is 1.17 bits per heavy atom. The number of anilines is 5. The minimum Gasteiger partial charge on any atom is -0.453 e. The normalized spacial score (nSPS) is 11.7. The van der Waals surface area contributed by atoms with E-state index in [1.54, 1.807) is 0 Å². The fourth-order valence-electron chi connectivity index (χ4n) is 4.40. The Hall–Kier alpha value is -4.83. The lowest BCUT2D eigenvalue weighted by Crippen LogP contribution is -2.15. The molecule has 0 amide bonds. The Kier molecular flexibility index (Phi) is 5.24. The van der Waals surface area contributed by atoms with Crippen LogP contribution in [0.1, 0.15) is 11.1 Å². The van der Waals surface area contributed by atoms with E-state index in [9.17, 15) is 0 Å². The lowest BCUT2D eigenvalue weighted by atomic mass is 10.00. The maximum atomic E-state index is 8.95. The fourth-order valence-corrected chi connectivity index (χ4v) is 4.40. The summed E-state index contributed by atoms with van der Waals surface area (Å²) in [7, 11) is 0. The number of para-hydroxylation sites is 6. The lowest BCUT2D eigenvalue weighted by molar-refractivity contribution is 0.477. The SMILES string of the molecule is N=C(c1ccc(N2c3ccccc3Oc3ccccc32)cc1)c1ccccc1Nc1ccccc1. The van der Waals surface area contributed by atoms with E-state index in [-0.39, 0.29) is 0 Å². The first kappa shape index (κ1) is 20.8. The molecule has 0 spiro atoms. The summed E-state index contributed by atoms with van der Waals surface area (Å²) in [6.07, 6.45) is 0. The molecule has 0 fully saturated rings. The van der Waals surface area contributed by atoms with Crippen LogP contribution < -0.4 is 15.0 Å². The van der Waals surface area contributed by atoms with Crippen LogP contribution in [-0.4, -0.2) is 5.71 Å². The molecule has 0 unspecified atom stereocenters. The number of fused-ring (bicyclic) bond motifs is 2. The Morgan fingerprint density at radius 3 is 1.86 bits per heavy atom. The van der Waals surface area contributed by atoms with Crippen molar-refractivity contribution in [3.05, 3.63) is 139 Å². The van der Waals surface area contributed by atoms with E-state index in [0.29, 0.717) is 5.71 Å². The summed E-state index contributed by atoms with van der Waals surface area (Å²) < 4.78 is 6.13. The van der Waals surface area contributed by atoms with E-state index >= 15 is 0 Å². The van der Waals surface area contributed by atoms with Crippen LogP contribution in [0.15, 0.2) is 127 Å². The van der Waals surface area contributed by atoms with E-state index in [4.69, 9.17) is 10.1 Å². The van der Waals surface area contributed by atoms with E-state index in [2.05, 4.69) is 34.5 Å². The van der Waals surface area contributed by atoms with Gasteiger partial charge < -0.3 is 15.0 Å². The Bertz CT molecular complexity index is 1460. The molecule has 5 aromatic carbocycles. The van der Waals surface area contributed by atoms with Crippen molar-refractivity contribution in [3.63, 3.8) is 0 Å². The number of ether oxygens (including phenoxy) is 1. The molecule has 0 aliphatic carbocycles. The first-order valence-corrected chi connectivity index (χ1v) is 11.5. The fraction of sp³-hybridized carbons (Fsp3) is 0. The van der Waals surface area contributed by atoms with Crippen LogP contribution in [-0.2, 0) is 0 Å². The average molecular weight is 454 g/mol. The molecular formula is C31H23N3O. The second-order valence-corrected chi connectivity index (χ2v) is 8.33. The van der Waals surface area contributed by atoms with E-state index in [1.165, 1.54) is 0 Å². The van der Waals surface area contributed by atoms with Crippen LogP contribution in [0.2, 0.25) is 0 Å². The molecule has 1 aliphatic rings. The predicted molar refractivity (Wildman–Crippen MR) is 143 cm³/mol. The van der Waals surface area contributed by atoms with Crippen molar-refractivity contribution in [2.45, 2.75) is 0 Å². The third kappa shape index (κ3) is 3.91. The predicted octanol–water partition coefficient (Wildman–Crippen LogP) is 8.42. The van der Waals surface area contributed by atoms with Crippen molar-refractivity contribution >= 4 is 34.1 Å². The molecule has 4 heteroatoms. The van der Waals surface area contributed by atoms with E-state index < -0.39 is 0 Å². The number of rotatable bonds is 5. The average Bonchev–Trinajstić information content (AvgIpc) is 2.92. The number of benzene rings is 5. The molecule has 0 saturated carbocycles. The van der Waals surface area contributed by atoms with Crippen molar-refractivity contribution in [1.82, 2.24) is 0 Å². The van der Waals surface area contributed by atoms with Gasteiger partial charge in [0.15, 0.2) is 11.5 Å². The van der Waals surface area contributed by atoms with Gasteiger partial charge in [-0.05, 0) is 54.6 Å². The summed E-state index contributed by atoms with van der Waals surface area (Å²) >= 11 is 0. The summed E-state index contributed by atoms with van der Waals surface area (Å²) in [5.74, 6) is 1.65. The lowest BCUT2D eigenvalue weighted by Gasteiger charge is -2.32. The molecule has 1 heterocycles. The van der Waals surface area contributed by atoms with Gasteiger partial charge >= 0.3 is 0 Å². The Labute approximate surface area is 204 Å². The van der Waals surface area contributed by atoms with Crippen molar-refractivity contribution in [3.8, 4) is 11.5 Å². The number of hydrogen-bond donors (Lipinski definition) is 2. The van der Waals surface area contributed by atoms with Crippen LogP contribution in [0.25, 0.3) is 0 Å². The first-order chi connectivity index (χ1) is 17.3. The summed E-state index contributed by atoms with van der Waals surface area (Å²) in [6.45, 7) is 0. The van der Waals surface area contributed by atoms with Gasteiger partial charge in [0.05, 0.1) is 17.1 Å². The molecule has 0 saturated heterocycles. The third-order valence-corrected chi connectivity index (χ3v) is 6.10. The van der Waals surface area contributed by atoms with Gasteiger partial charge in [0.25, 0.3) is 0 Å². The molecule has 0 atom stereocenters. The van der Waals surface area contributed by atoms with Crippen molar-refractivity contribution in [1.29, 1.82) is 5.41 Å². The number of hydrogen-bond acceptors (Lipinski definition) is 4. The van der Waals surface area contributed by atoms with Crippen molar-refractivity contribution in [2.75, 3.05) is 10.2 Å². The molecule has 6 rings (SSSR count). The third-order valence-electron chi connectivity index (χ3n) is 6.10. The van der Waals surface area contributed by atoms with Gasteiger partial charge in [-0.3, -0.25) is 5.41 Å².